The number of likely N-dealkylation sites (tertiary alicyclic amines) is 1. The standard InChI is InChI=1S/C8H18N2O/c1-3-8(2)6-10(7-8)4-5-11-9/h3-7,9H2,1-2H3. The average molecular weight is 158 g/mol. The van der Waals surface area contributed by atoms with Gasteiger partial charge in [-0.1, -0.05) is 13.8 Å². The lowest BCUT2D eigenvalue weighted by atomic mass is 9.80. The van der Waals surface area contributed by atoms with Crippen molar-refractivity contribution in [2.75, 3.05) is 26.2 Å². The molecular formula is C8H18N2O. The second kappa shape index (κ2) is 3.52. The maximum atomic E-state index is 4.93. The maximum Gasteiger partial charge on any atom is 0.0806 e. The van der Waals surface area contributed by atoms with E-state index in [1.165, 1.54) is 19.5 Å². The van der Waals surface area contributed by atoms with Crippen molar-refractivity contribution in [1.82, 2.24) is 4.90 Å². The topological polar surface area (TPSA) is 38.5 Å². The molecule has 2 N–H and O–H groups in total. The van der Waals surface area contributed by atoms with E-state index >= 15 is 0 Å². The molecule has 0 aliphatic carbocycles. The summed E-state index contributed by atoms with van der Waals surface area (Å²) < 4.78 is 0. The van der Waals surface area contributed by atoms with Gasteiger partial charge in [0.25, 0.3) is 0 Å². The third-order valence-electron chi connectivity index (χ3n) is 2.59. The van der Waals surface area contributed by atoms with Gasteiger partial charge in [0, 0.05) is 19.6 Å². The minimum Gasteiger partial charge on any atom is -0.303 e. The van der Waals surface area contributed by atoms with E-state index in [9.17, 15) is 0 Å². The fraction of sp³-hybridized carbons (Fsp3) is 1.00. The molecule has 0 aromatic heterocycles. The van der Waals surface area contributed by atoms with Gasteiger partial charge in [0.05, 0.1) is 6.61 Å². The smallest absolute Gasteiger partial charge is 0.0806 e. The van der Waals surface area contributed by atoms with E-state index < -0.39 is 0 Å². The first kappa shape index (κ1) is 8.97. The zero-order chi connectivity index (χ0) is 8.32. The zero-order valence-electron chi connectivity index (χ0n) is 7.47. The quantitative estimate of drug-likeness (QED) is 0.609. The van der Waals surface area contributed by atoms with Gasteiger partial charge in [0.15, 0.2) is 0 Å². The van der Waals surface area contributed by atoms with Crippen molar-refractivity contribution < 1.29 is 4.84 Å². The van der Waals surface area contributed by atoms with Crippen molar-refractivity contribution in [3.8, 4) is 0 Å². The molecule has 0 radical (unpaired) electrons. The van der Waals surface area contributed by atoms with Crippen molar-refractivity contribution in [1.29, 1.82) is 0 Å². The molecule has 0 aromatic carbocycles. The number of nitrogens with zero attached hydrogens (tertiary/aromatic N) is 1. The summed E-state index contributed by atoms with van der Waals surface area (Å²) in [6.07, 6.45) is 1.27. The molecule has 1 rings (SSSR count). The van der Waals surface area contributed by atoms with E-state index in [4.69, 9.17) is 5.90 Å². The Morgan fingerprint density at radius 1 is 1.55 bits per heavy atom. The summed E-state index contributed by atoms with van der Waals surface area (Å²) in [5, 5.41) is 0. The van der Waals surface area contributed by atoms with Crippen molar-refractivity contribution in [3.05, 3.63) is 0 Å². The highest BCUT2D eigenvalue weighted by molar-refractivity contribution is 4.89. The van der Waals surface area contributed by atoms with Gasteiger partial charge in [-0.3, -0.25) is 4.90 Å². The summed E-state index contributed by atoms with van der Waals surface area (Å²) >= 11 is 0. The molecule has 3 heteroatoms. The Labute approximate surface area is 68.5 Å². The molecule has 0 unspecified atom stereocenters. The number of rotatable bonds is 4. The van der Waals surface area contributed by atoms with Crippen LogP contribution in [0.25, 0.3) is 0 Å². The fourth-order valence-corrected chi connectivity index (χ4v) is 1.60. The van der Waals surface area contributed by atoms with Crippen molar-refractivity contribution in [2.24, 2.45) is 11.3 Å². The minimum atomic E-state index is 0.564. The fourth-order valence-electron chi connectivity index (χ4n) is 1.60. The van der Waals surface area contributed by atoms with Gasteiger partial charge in [-0.15, -0.1) is 0 Å². The van der Waals surface area contributed by atoms with Gasteiger partial charge >= 0.3 is 0 Å². The largest absolute Gasteiger partial charge is 0.303 e. The second-order valence-corrected chi connectivity index (χ2v) is 3.75. The normalized spacial score (nSPS) is 23.2. The van der Waals surface area contributed by atoms with Gasteiger partial charge in [-0.25, -0.2) is 5.90 Å². The summed E-state index contributed by atoms with van der Waals surface area (Å²) in [6, 6.07) is 0. The Morgan fingerprint density at radius 2 is 2.18 bits per heavy atom. The van der Waals surface area contributed by atoms with Gasteiger partial charge in [-0.2, -0.15) is 0 Å². The van der Waals surface area contributed by atoms with Gasteiger partial charge < -0.3 is 4.84 Å². The maximum absolute atomic E-state index is 4.93. The molecule has 3 nitrogen and oxygen atoms in total. The van der Waals surface area contributed by atoms with Crippen LogP contribution in [-0.4, -0.2) is 31.1 Å². The number of hydrogen-bond donors (Lipinski definition) is 1. The molecular weight excluding hydrogens is 140 g/mol. The molecule has 0 bridgehead atoms. The first-order chi connectivity index (χ1) is 5.20. The van der Waals surface area contributed by atoms with Crippen LogP contribution in [0, 0.1) is 5.41 Å². The number of hydrogen-bond acceptors (Lipinski definition) is 3. The molecule has 1 aliphatic heterocycles. The SMILES string of the molecule is CCC1(C)CN(CCON)C1. The molecule has 66 valence electrons. The van der Waals surface area contributed by atoms with Crippen molar-refractivity contribution >= 4 is 0 Å². The Balaban J connectivity index is 2.08. The summed E-state index contributed by atoms with van der Waals surface area (Å²) in [7, 11) is 0. The molecule has 0 saturated carbocycles. The van der Waals surface area contributed by atoms with Gasteiger partial charge in [0.2, 0.25) is 0 Å². The first-order valence-corrected chi connectivity index (χ1v) is 4.24. The summed E-state index contributed by atoms with van der Waals surface area (Å²) in [4.78, 5) is 6.88. The van der Waals surface area contributed by atoms with Crippen LogP contribution in [0.1, 0.15) is 20.3 Å². The summed E-state index contributed by atoms with van der Waals surface area (Å²) in [5.74, 6) is 4.93. The Morgan fingerprint density at radius 3 is 2.64 bits per heavy atom. The van der Waals surface area contributed by atoms with E-state index in [-0.39, 0.29) is 0 Å². The van der Waals surface area contributed by atoms with E-state index in [0.29, 0.717) is 12.0 Å². The van der Waals surface area contributed by atoms with E-state index in [0.717, 1.165) is 6.54 Å². The third-order valence-corrected chi connectivity index (χ3v) is 2.59. The lowest BCUT2D eigenvalue weighted by Crippen LogP contribution is -2.55. The Bertz CT molecular complexity index is 121. The molecule has 0 atom stereocenters. The molecule has 11 heavy (non-hydrogen) atoms. The van der Waals surface area contributed by atoms with E-state index in [2.05, 4.69) is 23.6 Å². The highest BCUT2D eigenvalue weighted by atomic mass is 16.6. The summed E-state index contributed by atoms with van der Waals surface area (Å²) in [5.41, 5.74) is 0.564. The predicted molar refractivity (Wildman–Crippen MR) is 45.0 cm³/mol. The monoisotopic (exact) mass is 158 g/mol. The first-order valence-electron chi connectivity index (χ1n) is 4.24. The van der Waals surface area contributed by atoms with Gasteiger partial charge in [0.1, 0.15) is 0 Å². The van der Waals surface area contributed by atoms with Gasteiger partial charge in [-0.05, 0) is 11.8 Å². The van der Waals surface area contributed by atoms with Crippen LogP contribution in [0.5, 0.6) is 0 Å². The zero-order valence-corrected chi connectivity index (χ0v) is 7.47. The van der Waals surface area contributed by atoms with Crippen LogP contribution in [0.15, 0.2) is 0 Å². The average Bonchev–Trinajstić information content (AvgIpc) is 1.96. The lowest BCUT2D eigenvalue weighted by Gasteiger charge is -2.47. The Kier molecular flexibility index (Phi) is 2.87. The van der Waals surface area contributed by atoms with E-state index in [1.54, 1.807) is 0 Å². The molecule has 1 aliphatic rings. The van der Waals surface area contributed by atoms with Crippen LogP contribution in [-0.2, 0) is 4.84 Å². The van der Waals surface area contributed by atoms with Crippen LogP contribution in [0.4, 0.5) is 0 Å². The lowest BCUT2D eigenvalue weighted by molar-refractivity contribution is -0.00977. The number of nitrogens with two attached hydrogens (primary N) is 1. The van der Waals surface area contributed by atoms with Crippen LogP contribution in [0.2, 0.25) is 0 Å². The van der Waals surface area contributed by atoms with Crippen LogP contribution < -0.4 is 5.90 Å². The molecule has 0 aromatic rings. The van der Waals surface area contributed by atoms with Crippen molar-refractivity contribution in [2.45, 2.75) is 20.3 Å². The molecule has 1 saturated heterocycles. The molecule has 1 heterocycles. The highest BCUT2D eigenvalue weighted by Crippen LogP contribution is 2.32. The van der Waals surface area contributed by atoms with Crippen molar-refractivity contribution in [3.63, 3.8) is 0 Å². The van der Waals surface area contributed by atoms with E-state index in [1.807, 2.05) is 0 Å². The molecule has 0 spiro atoms. The summed E-state index contributed by atoms with van der Waals surface area (Å²) in [6.45, 7) is 8.61. The predicted octanol–water partition coefficient (Wildman–Crippen LogP) is 0.609. The Hall–Kier alpha value is -0.120. The molecule has 0 amide bonds. The minimum absolute atomic E-state index is 0.564. The molecule has 1 fully saturated rings. The second-order valence-electron chi connectivity index (χ2n) is 3.75. The highest BCUT2D eigenvalue weighted by Gasteiger charge is 2.36. The van der Waals surface area contributed by atoms with Crippen LogP contribution in [0.3, 0.4) is 0 Å². The third kappa shape index (κ3) is 2.15. The van der Waals surface area contributed by atoms with Crippen LogP contribution >= 0.6 is 0 Å².